The summed E-state index contributed by atoms with van der Waals surface area (Å²) >= 11 is 13.4. The SMILES string of the molecule is N/C(=N\O)c1ccnc(Sc2cc(Cl)ccc2Cl)c1. The van der Waals surface area contributed by atoms with Crippen LogP contribution in [0, 0.1) is 0 Å². The second-order valence-corrected chi connectivity index (χ2v) is 5.45. The highest BCUT2D eigenvalue weighted by Crippen LogP contribution is 2.34. The van der Waals surface area contributed by atoms with Crippen LogP contribution < -0.4 is 5.73 Å². The Hall–Kier alpha value is -1.43. The summed E-state index contributed by atoms with van der Waals surface area (Å²) in [4.78, 5) is 4.98. The molecule has 0 fully saturated rings. The molecule has 98 valence electrons. The van der Waals surface area contributed by atoms with Gasteiger partial charge in [-0.15, -0.1) is 0 Å². The Balaban J connectivity index is 2.31. The van der Waals surface area contributed by atoms with Crippen molar-refractivity contribution in [3.63, 3.8) is 0 Å². The van der Waals surface area contributed by atoms with Crippen molar-refractivity contribution in [1.82, 2.24) is 4.98 Å². The van der Waals surface area contributed by atoms with Gasteiger partial charge in [-0.2, -0.15) is 0 Å². The summed E-state index contributed by atoms with van der Waals surface area (Å²) in [7, 11) is 0. The van der Waals surface area contributed by atoms with Gasteiger partial charge < -0.3 is 10.9 Å². The maximum absolute atomic E-state index is 8.65. The number of pyridine rings is 1. The maximum atomic E-state index is 8.65. The van der Waals surface area contributed by atoms with E-state index in [0.29, 0.717) is 20.6 Å². The Morgan fingerprint density at radius 2 is 2.05 bits per heavy atom. The van der Waals surface area contributed by atoms with Crippen LogP contribution in [0.4, 0.5) is 0 Å². The molecule has 0 unspecified atom stereocenters. The molecule has 0 amide bonds. The predicted molar refractivity (Wildman–Crippen MR) is 77.3 cm³/mol. The summed E-state index contributed by atoms with van der Waals surface area (Å²) in [6.45, 7) is 0. The molecule has 3 N–H and O–H groups in total. The second kappa shape index (κ2) is 6.14. The highest BCUT2D eigenvalue weighted by Gasteiger charge is 2.07. The summed E-state index contributed by atoms with van der Waals surface area (Å²) in [5.41, 5.74) is 6.11. The number of halogens is 2. The molecule has 0 atom stereocenters. The maximum Gasteiger partial charge on any atom is 0.170 e. The van der Waals surface area contributed by atoms with E-state index >= 15 is 0 Å². The third-order valence-corrected chi connectivity index (χ3v) is 3.91. The van der Waals surface area contributed by atoms with E-state index in [1.807, 2.05) is 0 Å². The first-order valence-corrected chi connectivity index (χ1v) is 6.74. The van der Waals surface area contributed by atoms with Crippen LogP contribution in [0.1, 0.15) is 5.56 Å². The minimum Gasteiger partial charge on any atom is -0.409 e. The van der Waals surface area contributed by atoms with Gasteiger partial charge in [0.15, 0.2) is 5.84 Å². The molecule has 0 aliphatic rings. The molecule has 4 nitrogen and oxygen atoms in total. The van der Waals surface area contributed by atoms with Gasteiger partial charge in [0.25, 0.3) is 0 Å². The fourth-order valence-electron chi connectivity index (χ4n) is 1.35. The highest BCUT2D eigenvalue weighted by molar-refractivity contribution is 7.99. The van der Waals surface area contributed by atoms with Crippen LogP contribution in [0.2, 0.25) is 10.0 Å². The van der Waals surface area contributed by atoms with Crippen LogP contribution in [-0.2, 0) is 0 Å². The average molecular weight is 314 g/mol. The average Bonchev–Trinajstić information content (AvgIpc) is 2.42. The van der Waals surface area contributed by atoms with Gasteiger partial charge in [0, 0.05) is 21.7 Å². The van der Waals surface area contributed by atoms with Crippen LogP contribution in [0.3, 0.4) is 0 Å². The lowest BCUT2D eigenvalue weighted by molar-refractivity contribution is 0.318. The van der Waals surface area contributed by atoms with Crippen molar-refractivity contribution < 1.29 is 5.21 Å². The molecule has 0 saturated heterocycles. The summed E-state index contributed by atoms with van der Waals surface area (Å²) < 4.78 is 0. The topological polar surface area (TPSA) is 71.5 Å². The number of amidine groups is 1. The van der Waals surface area contributed by atoms with E-state index in [-0.39, 0.29) is 5.84 Å². The molecule has 7 heteroatoms. The lowest BCUT2D eigenvalue weighted by Crippen LogP contribution is -2.13. The van der Waals surface area contributed by atoms with Crippen LogP contribution in [0.5, 0.6) is 0 Å². The molecule has 2 aromatic rings. The molecule has 0 radical (unpaired) electrons. The summed E-state index contributed by atoms with van der Waals surface area (Å²) in [5, 5.41) is 13.5. The number of nitrogens with zero attached hydrogens (tertiary/aromatic N) is 2. The molecule has 1 heterocycles. The number of nitrogens with two attached hydrogens (primary N) is 1. The Kier molecular flexibility index (Phi) is 4.52. The molecule has 0 aliphatic carbocycles. The number of hydrogen-bond donors (Lipinski definition) is 2. The predicted octanol–water partition coefficient (Wildman–Crippen LogP) is 3.63. The zero-order valence-corrected chi connectivity index (χ0v) is 11.9. The van der Waals surface area contributed by atoms with Gasteiger partial charge in [0.2, 0.25) is 0 Å². The fraction of sp³-hybridized carbons (Fsp3) is 0. The van der Waals surface area contributed by atoms with Gasteiger partial charge in [0.1, 0.15) is 5.03 Å². The Bertz CT molecular complexity index is 634. The molecule has 2 rings (SSSR count). The van der Waals surface area contributed by atoms with E-state index in [9.17, 15) is 0 Å². The van der Waals surface area contributed by atoms with Crippen molar-refractivity contribution in [3.05, 3.63) is 52.1 Å². The number of aromatic nitrogens is 1. The van der Waals surface area contributed by atoms with Crippen molar-refractivity contribution in [2.75, 3.05) is 0 Å². The molecular weight excluding hydrogens is 305 g/mol. The lowest BCUT2D eigenvalue weighted by atomic mass is 10.2. The van der Waals surface area contributed by atoms with E-state index in [2.05, 4.69) is 10.1 Å². The van der Waals surface area contributed by atoms with Gasteiger partial charge in [-0.25, -0.2) is 4.98 Å². The highest BCUT2D eigenvalue weighted by atomic mass is 35.5. The third-order valence-electron chi connectivity index (χ3n) is 2.25. The van der Waals surface area contributed by atoms with E-state index in [0.717, 1.165) is 4.90 Å². The van der Waals surface area contributed by atoms with E-state index in [1.165, 1.54) is 11.8 Å². The molecule has 1 aromatic heterocycles. The van der Waals surface area contributed by atoms with Crippen LogP contribution in [0.25, 0.3) is 0 Å². The zero-order valence-electron chi connectivity index (χ0n) is 9.55. The lowest BCUT2D eigenvalue weighted by Gasteiger charge is -2.05. The fourth-order valence-corrected chi connectivity index (χ4v) is 2.70. The smallest absolute Gasteiger partial charge is 0.170 e. The Morgan fingerprint density at radius 3 is 2.79 bits per heavy atom. The number of oxime groups is 1. The first-order chi connectivity index (χ1) is 9.10. The van der Waals surface area contributed by atoms with E-state index < -0.39 is 0 Å². The van der Waals surface area contributed by atoms with Gasteiger partial charge in [-0.1, -0.05) is 40.1 Å². The largest absolute Gasteiger partial charge is 0.409 e. The first kappa shape index (κ1) is 14.0. The Labute approximate surface area is 124 Å². The van der Waals surface area contributed by atoms with Gasteiger partial charge >= 0.3 is 0 Å². The molecule has 1 aromatic carbocycles. The second-order valence-electron chi connectivity index (χ2n) is 3.54. The van der Waals surface area contributed by atoms with Crippen molar-refractivity contribution in [1.29, 1.82) is 0 Å². The molecule has 0 saturated carbocycles. The van der Waals surface area contributed by atoms with Crippen molar-refractivity contribution >= 4 is 40.8 Å². The molecule has 19 heavy (non-hydrogen) atoms. The summed E-state index contributed by atoms with van der Waals surface area (Å²) in [5.74, 6) is 0.0291. The van der Waals surface area contributed by atoms with Gasteiger partial charge in [-0.05, 0) is 30.3 Å². The van der Waals surface area contributed by atoms with Crippen molar-refractivity contribution in [3.8, 4) is 0 Å². The third kappa shape index (κ3) is 3.53. The van der Waals surface area contributed by atoms with Gasteiger partial charge in [-0.3, -0.25) is 0 Å². The number of hydrogen-bond acceptors (Lipinski definition) is 4. The number of rotatable bonds is 3. The standard InChI is InChI=1S/C12H9Cl2N3OS/c13-8-1-2-9(14)10(6-8)19-11-5-7(3-4-16-11)12(15)17-18/h1-6,18H,(H2,15,17). The first-order valence-electron chi connectivity index (χ1n) is 5.17. The molecule has 0 spiro atoms. The van der Waals surface area contributed by atoms with Crippen molar-refractivity contribution in [2.24, 2.45) is 10.9 Å². The summed E-state index contributed by atoms with van der Waals surface area (Å²) in [6, 6.07) is 8.55. The van der Waals surface area contributed by atoms with E-state index in [1.54, 1.807) is 36.5 Å². The monoisotopic (exact) mass is 313 g/mol. The molecule has 0 aliphatic heterocycles. The Morgan fingerprint density at radius 1 is 1.26 bits per heavy atom. The summed E-state index contributed by atoms with van der Waals surface area (Å²) in [6.07, 6.45) is 1.58. The quantitative estimate of drug-likeness (QED) is 0.393. The molecule has 0 bridgehead atoms. The van der Waals surface area contributed by atoms with E-state index in [4.69, 9.17) is 34.1 Å². The minimum atomic E-state index is 0.0291. The van der Waals surface area contributed by atoms with Crippen molar-refractivity contribution in [2.45, 2.75) is 9.92 Å². The van der Waals surface area contributed by atoms with Gasteiger partial charge in [0.05, 0.1) is 5.02 Å². The minimum absolute atomic E-state index is 0.0291. The normalized spacial score (nSPS) is 11.6. The zero-order chi connectivity index (χ0) is 13.8. The molecular formula is C12H9Cl2N3OS. The number of benzene rings is 1. The van der Waals surface area contributed by atoms with Crippen LogP contribution in [-0.4, -0.2) is 16.0 Å². The van der Waals surface area contributed by atoms with Crippen LogP contribution >= 0.6 is 35.0 Å². The van der Waals surface area contributed by atoms with Crippen LogP contribution in [0.15, 0.2) is 51.6 Å².